The number of imide groups is 1. The van der Waals surface area contributed by atoms with Crippen molar-refractivity contribution in [3.05, 3.63) is 76.9 Å². The number of likely N-dealkylation sites (N-methyl/N-ethyl adjacent to an activating group) is 1. The number of hydrogen-bond donors (Lipinski definition) is 0. The number of amides is 3. The largest absolute Gasteiger partial charge is 0.328 e. The molecule has 0 aliphatic carbocycles. The number of rotatable bonds is 3. The van der Waals surface area contributed by atoms with Crippen LogP contribution in [0.1, 0.15) is 23.6 Å². The Morgan fingerprint density at radius 2 is 1.75 bits per heavy atom. The maximum Gasteiger partial charge on any atom is 0.328 e. The minimum atomic E-state index is -0.641. The maximum atomic E-state index is 13.5. The number of aryl methyl sites for hydroxylation is 2. The van der Waals surface area contributed by atoms with E-state index in [0.29, 0.717) is 11.5 Å². The molecule has 8 heteroatoms. The highest BCUT2D eigenvalue weighted by atomic mass is 19.1. The van der Waals surface area contributed by atoms with Crippen LogP contribution in [0.2, 0.25) is 0 Å². The first kappa shape index (κ1) is 20.2. The van der Waals surface area contributed by atoms with E-state index in [-0.39, 0.29) is 18.3 Å². The first-order valence-electron chi connectivity index (χ1n) is 10.5. The fourth-order valence-electron chi connectivity index (χ4n) is 4.53. The predicted molar refractivity (Wildman–Crippen MR) is 119 cm³/mol. The van der Waals surface area contributed by atoms with Crippen LogP contribution in [0.5, 0.6) is 0 Å². The SMILES string of the molecule is CC1=CN2C(=NC3C2C(=O)N(Cc2ccc(F)cc2)C(=O)N3C)N1c1cc(C)ccc1C. The number of carbonyl (C=O) groups excluding carboxylic acids is 2. The number of anilines is 1. The van der Waals surface area contributed by atoms with Crippen molar-refractivity contribution in [3.63, 3.8) is 0 Å². The Morgan fingerprint density at radius 3 is 2.47 bits per heavy atom. The van der Waals surface area contributed by atoms with Gasteiger partial charge in [-0.1, -0.05) is 24.3 Å². The van der Waals surface area contributed by atoms with Gasteiger partial charge in [-0.2, -0.15) is 0 Å². The fourth-order valence-corrected chi connectivity index (χ4v) is 4.53. The minimum absolute atomic E-state index is 0.0814. The second-order valence-corrected chi connectivity index (χ2v) is 8.53. The van der Waals surface area contributed by atoms with Crippen molar-refractivity contribution in [2.24, 2.45) is 4.99 Å². The summed E-state index contributed by atoms with van der Waals surface area (Å²) in [7, 11) is 1.66. The summed E-state index contributed by atoms with van der Waals surface area (Å²) in [6.45, 7) is 6.14. The minimum Gasteiger partial charge on any atom is -0.302 e. The molecule has 3 aliphatic rings. The van der Waals surface area contributed by atoms with Crippen molar-refractivity contribution >= 4 is 23.6 Å². The zero-order chi connectivity index (χ0) is 22.7. The number of guanidine groups is 1. The third-order valence-electron chi connectivity index (χ3n) is 6.25. The van der Waals surface area contributed by atoms with Gasteiger partial charge in [-0.25, -0.2) is 14.2 Å². The number of halogens is 1. The number of urea groups is 1. The van der Waals surface area contributed by atoms with Crippen molar-refractivity contribution in [2.75, 3.05) is 11.9 Å². The van der Waals surface area contributed by atoms with Gasteiger partial charge in [-0.05, 0) is 55.7 Å². The Morgan fingerprint density at radius 1 is 1.03 bits per heavy atom. The number of fused-ring (bicyclic) bond motifs is 3. The van der Waals surface area contributed by atoms with E-state index in [1.54, 1.807) is 19.2 Å². The molecule has 0 N–H and O–H groups in total. The molecule has 0 radical (unpaired) electrons. The Kier molecular flexibility index (Phi) is 4.54. The highest BCUT2D eigenvalue weighted by Crippen LogP contribution is 2.38. The van der Waals surface area contributed by atoms with E-state index in [1.807, 2.05) is 36.8 Å². The molecule has 5 rings (SSSR count). The lowest BCUT2D eigenvalue weighted by atomic mass is 10.1. The fraction of sp³-hybridized carbons (Fsp3) is 0.292. The third-order valence-corrected chi connectivity index (χ3v) is 6.25. The lowest BCUT2D eigenvalue weighted by Gasteiger charge is -2.40. The second kappa shape index (κ2) is 7.19. The lowest BCUT2D eigenvalue weighted by molar-refractivity contribution is -0.137. The Bertz CT molecular complexity index is 1190. The van der Waals surface area contributed by atoms with E-state index in [2.05, 4.69) is 18.2 Å². The standard InChI is InChI=1S/C24H24FN5O2/c1-14-5-6-15(2)19(11-14)30-16(3)12-28-20-21(26-23(28)30)27(4)24(32)29(22(20)31)13-17-7-9-18(25)10-8-17/h5-12,20-21H,13H2,1-4H3. The summed E-state index contributed by atoms with van der Waals surface area (Å²) in [6.07, 6.45) is 1.31. The van der Waals surface area contributed by atoms with Gasteiger partial charge in [0.05, 0.1) is 12.2 Å². The summed E-state index contributed by atoms with van der Waals surface area (Å²) in [6, 6.07) is 11.0. The van der Waals surface area contributed by atoms with Crippen LogP contribution in [-0.2, 0) is 11.3 Å². The molecular formula is C24H24FN5O2. The summed E-state index contributed by atoms with van der Waals surface area (Å²) in [5.74, 6) is -0.0313. The van der Waals surface area contributed by atoms with Crippen LogP contribution in [0.25, 0.3) is 0 Å². The molecule has 3 aliphatic heterocycles. The molecule has 0 aromatic heterocycles. The molecule has 2 aromatic rings. The van der Waals surface area contributed by atoms with E-state index < -0.39 is 18.2 Å². The van der Waals surface area contributed by atoms with Crippen LogP contribution >= 0.6 is 0 Å². The molecule has 0 saturated carbocycles. The lowest BCUT2D eigenvalue weighted by Crippen LogP contribution is -2.63. The zero-order valence-electron chi connectivity index (χ0n) is 18.4. The average Bonchev–Trinajstić information content (AvgIpc) is 3.27. The summed E-state index contributed by atoms with van der Waals surface area (Å²) >= 11 is 0. The van der Waals surface area contributed by atoms with Crippen LogP contribution < -0.4 is 4.90 Å². The molecule has 3 amide bonds. The van der Waals surface area contributed by atoms with Crippen molar-refractivity contribution in [1.82, 2.24) is 14.7 Å². The molecule has 32 heavy (non-hydrogen) atoms. The quantitative estimate of drug-likeness (QED) is 0.743. The molecular weight excluding hydrogens is 409 g/mol. The van der Waals surface area contributed by atoms with E-state index in [1.165, 1.54) is 21.9 Å². The Hall–Kier alpha value is -3.68. The van der Waals surface area contributed by atoms with Gasteiger partial charge in [0, 0.05) is 18.9 Å². The number of allylic oxidation sites excluding steroid dienone is 1. The molecule has 3 heterocycles. The van der Waals surface area contributed by atoms with E-state index in [0.717, 1.165) is 22.5 Å². The summed E-state index contributed by atoms with van der Waals surface area (Å²) in [5.41, 5.74) is 4.86. The van der Waals surface area contributed by atoms with Crippen LogP contribution in [0.4, 0.5) is 14.9 Å². The van der Waals surface area contributed by atoms with Crippen molar-refractivity contribution in [1.29, 1.82) is 0 Å². The molecule has 2 unspecified atom stereocenters. The van der Waals surface area contributed by atoms with Gasteiger partial charge >= 0.3 is 6.03 Å². The molecule has 164 valence electrons. The van der Waals surface area contributed by atoms with Crippen molar-refractivity contribution in [3.8, 4) is 0 Å². The Balaban J connectivity index is 1.49. The maximum absolute atomic E-state index is 13.5. The second-order valence-electron chi connectivity index (χ2n) is 8.53. The smallest absolute Gasteiger partial charge is 0.302 e. The van der Waals surface area contributed by atoms with Gasteiger partial charge in [-0.15, -0.1) is 0 Å². The molecule has 0 spiro atoms. The van der Waals surface area contributed by atoms with Gasteiger partial charge in [0.2, 0.25) is 5.96 Å². The normalized spacial score (nSPS) is 22.3. The Labute approximate surface area is 186 Å². The molecule has 1 fully saturated rings. The van der Waals surface area contributed by atoms with Crippen molar-refractivity contribution in [2.45, 2.75) is 39.5 Å². The topological polar surface area (TPSA) is 59.5 Å². The predicted octanol–water partition coefficient (Wildman–Crippen LogP) is 3.58. The van der Waals surface area contributed by atoms with Crippen LogP contribution in [-0.4, -0.2) is 51.9 Å². The summed E-state index contributed by atoms with van der Waals surface area (Å²) < 4.78 is 13.3. The van der Waals surface area contributed by atoms with E-state index >= 15 is 0 Å². The first-order valence-corrected chi connectivity index (χ1v) is 10.5. The molecule has 2 atom stereocenters. The highest BCUT2D eigenvalue weighted by molar-refractivity contribution is 6.10. The van der Waals surface area contributed by atoms with Gasteiger partial charge in [0.25, 0.3) is 5.91 Å². The first-order chi connectivity index (χ1) is 15.3. The molecule has 0 bridgehead atoms. The molecule has 7 nitrogen and oxygen atoms in total. The number of hydrogen-bond acceptors (Lipinski definition) is 5. The van der Waals surface area contributed by atoms with Crippen molar-refractivity contribution < 1.29 is 14.0 Å². The number of nitrogens with zero attached hydrogens (tertiary/aromatic N) is 5. The number of aliphatic imine (C=N–C) groups is 1. The highest BCUT2D eigenvalue weighted by Gasteiger charge is 2.54. The van der Waals surface area contributed by atoms with E-state index in [4.69, 9.17) is 4.99 Å². The van der Waals surface area contributed by atoms with Crippen LogP contribution in [0.15, 0.2) is 59.4 Å². The third kappa shape index (κ3) is 2.97. The summed E-state index contributed by atoms with van der Waals surface area (Å²) in [5, 5.41) is 0. The number of carbonyl (C=O) groups is 2. The number of benzene rings is 2. The van der Waals surface area contributed by atoms with Gasteiger partial charge in [-0.3, -0.25) is 14.6 Å². The summed E-state index contributed by atoms with van der Waals surface area (Å²) in [4.78, 5) is 38.0. The van der Waals surface area contributed by atoms with Gasteiger partial charge in [0.15, 0.2) is 12.2 Å². The van der Waals surface area contributed by atoms with E-state index in [9.17, 15) is 14.0 Å². The van der Waals surface area contributed by atoms with Crippen LogP contribution in [0, 0.1) is 19.7 Å². The molecule has 1 saturated heterocycles. The zero-order valence-corrected chi connectivity index (χ0v) is 18.4. The van der Waals surface area contributed by atoms with Crippen LogP contribution in [0.3, 0.4) is 0 Å². The van der Waals surface area contributed by atoms with Gasteiger partial charge in [0.1, 0.15) is 5.82 Å². The monoisotopic (exact) mass is 433 g/mol. The van der Waals surface area contributed by atoms with Gasteiger partial charge < -0.3 is 9.80 Å². The average molecular weight is 433 g/mol. The molecule has 2 aromatic carbocycles.